The number of rotatable bonds is 4. The summed E-state index contributed by atoms with van der Waals surface area (Å²) in [5.41, 5.74) is 0.413. The van der Waals surface area contributed by atoms with Crippen LogP contribution in [0.4, 0.5) is 10.1 Å². The van der Waals surface area contributed by atoms with Gasteiger partial charge in [-0.3, -0.25) is 0 Å². The zero-order valence-corrected chi connectivity index (χ0v) is 12.9. The van der Waals surface area contributed by atoms with Gasteiger partial charge < -0.3 is 14.6 Å². The van der Waals surface area contributed by atoms with Crippen LogP contribution >= 0.6 is 0 Å². The smallest absolute Gasteiger partial charge is 0.399 e. The van der Waals surface area contributed by atoms with Crippen LogP contribution in [-0.2, 0) is 9.31 Å². The molecular formula is C15H23BFNO2. The Balaban J connectivity index is 2.17. The Morgan fingerprint density at radius 1 is 1.15 bits per heavy atom. The standard InChI is InChI=1S/C15H23BFNO2/c1-6-9-18-13-8-7-11(10-12(13)17)16-19-14(2,3)15(4,5)20-16/h7-8,10,18H,6,9H2,1-5H3. The van der Waals surface area contributed by atoms with E-state index in [9.17, 15) is 4.39 Å². The van der Waals surface area contributed by atoms with Crippen molar-refractivity contribution >= 4 is 18.3 Å². The molecule has 0 unspecified atom stereocenters. The molecule has 1 aromatic rings. The number of hydrogen-bond donors (Lipinski definition) is 1. The predicted molar refractivity (Wildman–Crippen MR) is 80.9 cm³/mol. The highest BCUT2D eigenvalue weighted by molar-refractivity contribution is 6.62. The Labute approximate surface area is 121 Å². The van der Waals surface area contributed by atoms with E-state index in [-0.39, 0.29) is 5.82 Å². The van der Waals surface area contributed by atoms with Crippen molar-refractivity contribution in [1.82, 2.24) is 0 Å². The van der Waals surface area contributed by atoms with Gasteiger partial charge in [0, 0.05) is 6.54 Å². The van der Waals surface area contributed by atoms with E-state index in [0.29, 0.717) is 11.2 Å². The summed E-state index contributed by atoms with van der Waals surface area (Å²) in [6.45, 7) is 10.7. The molecule has 0 spiro atoms. The van der Waals surface area contributed by atoms with Crippen LogP contribution in [0.5, 0.6) is 0 Å². The van der Waals surface area contributed by atoms with Crippen LogP contribution in [-0.4, -0.2) is 24.9 Å². The van der Waals surface area contributed by atoms with E-state index < -0.39 is 18.3 Å². The first kappa shape index (κ1) is 15.3. The molecule has 0 aromatic heterocycles. The topological polar surface area (TPSA) is 30.5 Å². The fourth-order valence-electron chi connectivity index (χ4n) is 2.06. The van der Waals surface area contributed by atoms with Crippen molar-refractivity contribution in [3.8, 4) is 0 Å². The van der Waals surface area contributed by atoms with Crippen molar-refractivity contribution in [2.45, 2.75) is 52.2 Å². The number of nitrogens with one attached hydrogen (secondary N) is 1. The van der Waals surface area contributed by atoms with E-state index >= 15 is 0 Å². The van der Waals surface area contributed by atoms with Gasteiger partial charge in [0.15, 0.2) is 0 Å². The van der Waals surface area contributed by atoms with E-state index in [1.54, 1.807) is 6.07 Å². The SMILES string of the molecule is CCCNc1ccc(B2OC(C)(C)C(C)(C)O2)cc1F. The number of benzene rings is 1. The molecule has 110 valence electrons. The van der Waals surface area contributed by atoms with Gasteiger partial charge in [-0.15, -0.1) is 0 Å². The molecule has 0 aliphatic carbocycles. The molecule has 3 nitrogen and oxygen atoms in total. The highest BCUT2D eigenvalue weighted by Crippen LogP contribution is 2.36. The monoisotopic (exact) mass is 279 g/mol. The Hall–Kier alpha value is -1.07. The van der Waals surface area contributed by atoms with Gasteiger partial charge in [-0.25, -0.2) is 4.39 Å². The lowest BCUT2D eigenvalue weighted by Gasteiger charge is -2.32. The number of halogens is 1. The second kappa shape index (κ2) is 5.37. The fraction of sp³-hybridized carbons (Fsp3) is 0.600. The van der Waals surface area contributed by atoms with Gasteiger partial charge in [-0.1, -0.05) is 13.0 Å². The van der Waals surface area contributed by atoms with Gasteiger partial charge in [0.05, 0.1) is 16.9 Å². The van der Waals surface area contributed by atoms with Crippen LogP contribution in [0.25, 0.3) is 0 Å². The Bertz CT molecular complexity index is 475. The van der Waals surface area contributed by atoms with Crippen LogP contribution in [0.15, 0.2) is 18.2 Å². The Morgan fingerprint density at radius 2 is 1.75 bits per heavy atom. The molecule has 1 saturated heterocycles. The quantitative estimate of drug-likeness (QED) is 0.859. The lowest BCUT2D eigenvalue weighted by Crippen LogP contribution is -2.41. The second-order valence-corrected chi connectivity index (χ2v) is 6.25. The third-order valence-corrected chi connectivity index (χ3v) is 4.08. The van der Waals surface area contributed by atoms with Gasteiger partial charge in [-0.2, -0.15) is 0 Å². The van der Waals surface area contributed by atoms with Crippen molar-refractivity contribution in [3.63, 3.8) is 0 Å². The maximum atomic E-state index is 14.0. The summed E-state index contributed by atoms with van der Waals surface area (Å²) in [4.78, 5) is 0. The first-order valence-electron chi connectivity index (χ1n) is 7.16. The van der Waals surface area contributed by atoms with Crippen LogP contribution in [0.2, 0.25) is 0 Å². The van der Waals surface area contributed by atoms with Crippen molar-refractivity contribution in [2.24, 2.45) is 0 Å². The third kappa shape index (κ3) is 2.84. The summed E-state index contributed by atoms with van der Waals surface area (Å²) >= 11 is 0. The molecule has 0 atom stereocenters. The van der Waals surface area contributed by atoms with E-state index in [2.05, 4.69) is 5.32 Å². The minimum Gasteiger partial charge on any atom is -0.399 e. The van der Waals surface area contributed by atoms with Crippen molar-refractivity contribution < 1.29 is 13.7 Å². The molecule has 2 rings (SSSR count). The van der Waals surface area contributed by atoms with Gasteiger partial charge in [-0.05, 0) is 51.7 Å². The molecule has 1 aliphatic heterocycles. The Morgan fingerprint density at radius 3 is 2.25 bits per heavy atom. The lowest BCUT2D eigenvalue weighted by molar-refractivity contribution is 0.00578. The van der Waals surface area contributed by atoms with Gasteiger partial charge in [0.1, 0.15) is 5.82 Å². The number of hydrogen-bond acceptors (Lipinski definition) is 3. The first-order chi connectivity index (χ1) is 9.27. The molecule has 1 fully saturated rings. The molecule has 0 bridgehead atoms. The zero-order valence-electron chi connectivity index (χ0n) is 12.9. The molecule has 5 heteroatoms. The van der Waals surface area contributed by atoms with Gasteiger partial charge >= 0.3 is 7.12 Å². The van der Waals surface area contributed by atoms with Crippen molar-refractivity contribution in [2.75, 3.05) is 11.9 Å². The number of anilines is 1. The summed E-state index contributed by atoms with van der Waals surface area (Å²) in [5.74, 6) is -0.273. The first-order valence-corrected chi connectivity index (χ1v) is 7.16. The van der Waals surface area contributed by atoms with E-state index in [0.717, 1.165) is 13.0 Å². The Kier molecular flexibility index (Phi) is 4.12. The zero-order chi connectivity index (χ0) is 15.0. The highest BCUT2D eigenvalue weighted by Gasteiger charge is 2.51. The highest BCUT2D eigenvalue weighted by atomic mass is 19.1. The molecule has 1 aliphatic rings. The van der Waals surface area contributed by atoms with Crippen molar-refractivity contribution in [1.29, 1.82) is 0 Å². The van der Waals surface area contributed by atoms with Gasteiger partial charge in [0.2, 0.25) is 0 Å². The van der Waals surface area contributed by atoms with E-state index in [1.807, 2.05) is 40.7 Å². The van der Waals surface area contributed by atoms with Crippen LogP contribution < -0.4 is 10.8 Å². The maximum Gasteiger partial charge on any atom is 0.494 e. The predicted octanol–water partition coefficient (Wildman–Crippen LogP) is 2.95. The summed E-state index contributed by atoms with van der Waals surface area (Å²) in [6, 6.07) is 5.08. The minimum absolute atomic E-state index is 0.273. The van der Waals surface area contributed by atoms with Crippen LogP contribution in [0, 0.1) is 5.82 Å². The molecule has 0 amide bonds. The molecule has 0 radical (unpaired) electrons. The molecule has 20 heavy (non-hydrogen) atoms. The van der Waals surface area contributed by atoms with Gasteiger partial charge in [0.25, 0.3) is 0 Å². The largest absolute Gasteiger partial charge is 0.494 e. The summed E-state index contributed by atoms with van der Waals surface area (Å²) in [5, 5.41) is 3.06. The van der Waals surface area contributed by atoms with E-state index in [4.69, 9.17) is 9.31 Å². The minimum atomic E-state index is -0.519. The molecule has 1 N–H and O–H groups in total. The lowest BCUT2D eigenvalue weighted by atomic mass is 9.79. The molecule has 1 aromatic carbocycles. The summed E-state index contributed by atoms with van der Waals surface area (Å²) < 4.78 is 25.9. The second-order valence-electron chi connectivity index (χ2n) is 6.25. The molecule has 0 saturated carbocycles. The summed E-state index contributed by atoms with van der Waals surface area (Å²) in [7, 11) is -0.519. The molecular weight excluding hydrogens is 256 g/mol. The average Bonchev–Trinajstić information content (AvgIpc) is 2.57. The summed E-state index contributed by atoms with van der Waals surface area (Å²) in [6.07, 6.45) is 0.957. The third-order valence-electron chi connectivity index (χ3n) is 4.08. The maximum absolute atomic E-state index is 14.0. The van der Waals surface area contributed by atoms with Crippen LogP contribution in [0.3, 0.4) is 0 Å². The van der Waals surface area contributed by atoms with E-state index in [1.165, 1.54) is 6.07 Å². The average molecular weight is 279 g/mol. The van der Waals surface area contributed by atoms with Crippen LogP contribution in [0.1, 0.15) is 41.0 Å². The molecule has 1 heterocycles. The normalized spacial score (nSPS) is 20.2. The fourth-order valence-corrected chi connectivity index (χ4v) is 2.06. The van der Waals surface area contributed by atoms with Crippen molar-refractivity contribution in [3.05, 3.63) is 24.0 Å².